The molecule has 2 aromatic rings. The van der Waals surface area contributed by atoms with E-state index >= 15 is 0 Å². The first-order valence-corrected chi connectivity index (χ1v) is 11.4. The summed E-state index contributed by atoms with van der Waals surface area (Å²) in [4.78, 5) is 7.02. The maximum Gasteiger partial charge on any atom is 0.164 e. The van der Waals surface area contributed by atoms with Crippen molar-refractivity contribution in [2.45, 2.75) is 31.7 Å². The van der Waals surface area contributed by atoms with Crippen LogP contribution >= 0.6 is 11.8 Å². The minimum absolute atomic E-state index is 0.0554. The summed E-state index contributed by atoms with van der Waals surface area (Å²) >= 11 is 1.61. The summed E-state index contributed by atoms with van der Waals surface area (Å²) in [7, 11) is -2.94. The van der Waals surface area contributed by atoms with E-state index in [4.69, 9.17) is 4.99 Å². The second-order valence-corrected chi connectivity index (χ2v) is 10.4. The van der Waals surface area contributed by atoms with Crippen molar-refractivity contribution in [1.82, 2.24) is 0 Å². The van der Waals surface area contributed by atoms with Crippen molar-refractivity contribution in [3.8, 4) is 0 Å². The van der Waals surface area contributed by atoms with Gasteiger partial charge in [-0.3, -0.25) is 4.99 Å². The number of amidine groups is 1. The molecule has 0 saturated carbocycles. The predicted molar refractivity (Wildman–Crippen MR) is 110 cm³/mol. The molecule has 2 aliphatic rings. The number of sulfone groups is 1. The molecule has 0 bridgehead atoms. The average Bonchev–Trinajstić information content (AvgIpc) is 3.09. The van der Waals surface area contributed by atoms with Gasteiger partial charge >= 0.3 is 0 Å². The molecular weight excluding hydrogens is 364 g/mol. The molecule has 0 radical (unpaired) electrons. The minimum atomic E-state index is -2.94. The van der Waals surface area contributed by atoms with Crippen LogP contribution in [0.2, 0.25) is 0 Å². The number of fused-ring (bicyclic) bond motifs is 1. The van der Waals surface area contributed by atoms with Crippen molar-refractivity contribution < 1.29 is 8.42 Å². The lowest BCUT2D eigenvalue weighted by Crippen LogP contribution is -2.28. The Hall–Kier alpha value is -1.79. The molecule has 2 atom stereocenters. The van der Waals surface area contributed by atoms with Crippen LogP contribution in [0.4, 0.5) is 5.69 Å². The van der Waals surface area contributed by atoms with Crippen LogP contribution in [0.5, 0.6) is 0 Å². The summed E-state index contributed by atoms with van der Waals surface area (Å²) in [6.45, 7) is 4.95. The smallest absolute Gasteiger partial charge is 0.164 e. The third kappa shape index (κ3) is 3.53. The van der Waals surface area contributed by atoms with Gasteiger partial charge in [-0.2, -0.15) is 0 Å². The van der Waals surface area contributed by atoms with E-state index in [0.717, 1.165) is 17.4 Å². The van der Waals surface area contributed by atoms with Gasteiger partial charge in [-0.1, -0.05) is 48.2 Å². The van der Waals surface area contributed by atoms with E-state index in [2.05, 4.69) is 49.1 Å². The quantitative estimate of drug-likeness (QED) is 0.809. The van der Waals surface area contributed by atoms with E-state index in [1.165, 1.54) is 16.7 Å². The standard InChI is InChI=1S/C20H22N2O2S2/c1-14-8-9-17(10-15(14)2)22(11-16-6-4-3-5-7-16)20-21-18-12-26(23,24)13-19(18)25-20/h3-10,18-19H,11-13H2,1-2H3/t18-,19-/m1/s1. The number of aliphatic imine (C=N–C) groups is 1. The highest BCUT2D eigenvalue weighted by Crippen LogP contribution is 2.37. The Morgan fingerprint density at radius 3 is 2.54 bits per heavy atom. The van der Waals surface area contributed by atoms with E-state index in [9.17, 15) is 8.42 Å². The highest BCUT2D eigenvalue weighted by molar-refractivity contribution is 8.15. The Kier molecular flexibility index (Phi) is 4.57. The summed E-state index contributed by atoms with van der Waals surface area (Å²) in [5.74, 6) is 0.418. The molecule has 0 aromatic heterocycles. The number of benzene rings is 2. The molecule has 1 fully saturated rings. The summed E-state index contributed by atoms with van der Waals surface area (Å²) in [6, 6.07) is 16.7. The third-order valence-electron chi connectivity index (χ3n) is 5.02. The Labute approximate surface area is 159 Å². The molecule has 4 rings (SSSR count). The van der Waals surface area contributed by atoms with Crippen LogP contribution in [0.1, 0.15) is 16.7 Å². The second-order valence-electron chi connectivity index (χ2n) is 7.05. The van der Waals surface area contributed by atoms with Gasteiger partial charge in [0.1, 0.15) is 0 Å². The predicted octanol–water partition coefficient (Wildman–Crippen LogP) is 3.58. The lowest BCUT2D eigenvalue weighted by atomic mass is 10.1. The number of nitrogens with zero attached hydrogens (tertiary/aromatic N) is 2. The number of hydrogen-bond donors (Lipinski definition) is 0. The molecule has 6 heteroatoms. The van der Waals surface area contributed by atoms with Gasteiger partial charge in [-0.25, -0.2) is 8.42 Å². The van der Waals surface area contributed by atoms with Crippen molar-refractivity contribution >= 4 is 32.5 Å². The van der Waals surface area contributed by atoms with Crippen molar-refractivity contribution in [3.05, 3.63) is 65.2 Å². The fourth-order valence-electron chi connectivity index (χ4n) is 3.40. The summed E-state index contributed by atoms with van der Waals surface area (Å²) in [5.41, 5.74) is 4.81. The molecule has 0 unspecified atom stereocenters. The molecule has 2 heterocycles. The van der Waals surface area contributed by atoms with Crippen LogP contribution in [0.15, 0.2) is 53.5 Å². The molecule has 0 amide bonds. The van der Waals surface area contributed by atoms with E-state index in [1.54, 1.807) is 11.8 Å². The summed E-state index contributed by atoms with van der Waals surface area (Å²) < 4.78 is 23.7. The molecule has 0 spiro atoms. The van der Waals surface area contributed by atoms with E-state index in [0.29, 0.717) is 0 Å². The summed E-state index contributed by atoms with van der Waals surface area (Å²) in [6.07, 6.45) is 0. The third-order valence-corrected chi connectivity index (χ3v) is 8.27. The fraction of sp³-hybridized carbons (Fsp3) is 0.350. The molecule has 136 valence electrons. The van der Waals surface area contributed by atoms with Gasteiger partial charge in [0.25, 0.3) is 0 Å². The van der Waals surface area contributed by atoms with Crippen molar-refractivity contribution in [3.63, 3.8) is 0 Å². The van der Waals surface area contributed by atoms with Gasteiger partial charge in [-0.15, -0.1) is 0 Å². The topological polar surface area (TPSA) is 49.7 Å². The number of thioether (sulfide) groups is 1. The number of hydrogen-bond acceptors (Lipinski definition) is 5. The Morgan fingerprint density at radius 2 is 1.85 bits per heavy atom. The molecule has 0 N–H and O–H groups in total. The molecule has 0 aliphatic carbocycles. The largest absolute Gasteiger partial charge is 0.317 e. The van der Waals surface area contributed by atoms with Gasteiger partial charge in [0.05, 0.1) is 24.1 Å². The van der Waals surface area contributed by atoms with Crippen molar-refractivity contribution in [1.29, 1.82) is 0 Å². The number of aryl methyl sites for hydroxylation is 2. The monoisotopic (exact) mass is 386 g/mol. The number of rotatable bonds is 3. The fourth-order valence-corrected chi connectivity index (χ4v) is 7.18. The molecule has 2 aliphatic heterocycles. The first kappa shape index (κ1) is 17.6. The molecule has 26 heavy (non-hydrogen) atoms. The zero-order valence-corrected chi connectivity index (χ0v) is 16.6. The maximum absolute atomic E-state index is 11.9. The van der Waals surface area contributed by atoms with Crippen LogP contribution in [0, 0.1) is 13.8 Å². The number of anilines is 1. The van der Waals surface area contributed by atoms with E-state index < -0.39 is 9.84 Å². The van der Waals surface area contributed by atoms with Gasteiger partial charge in [0, 0.05) is 10.9 Å². The highest BCUT2D eigenvalue weighted by atomic mass is 32.2. The Balaban J connectivity index is 1.68. The summed E-state index contributed by atoms with van der Waals surface area (Å²) in [5, 5.41) is 0.988. The van der Waals surface area contributed by atoms with Crippen LogP contribution in [0.25, 0.3) is 0 Å². The van der Waals surface area contributed by atoms with Crippen molar-refractivity contribution in [2.24, 2.45) is 4.99 Å². The SMILES string of the molecule is Cc1ccc(N(Cc2ccccc2)C2=N[C@@H]3CS(=O)(=O)C[C@H]3S2)cc1C. The first-order chi connectivity index (χ1) is 12.4. The van der Waals surface area contributed by atoms with E-state index in [-0.39, 0.29) is 22.8 Å². The first-order valence-electron chi connectivity index (χ1n) is 8.75. The maximum atomic E-state index is 11.9. The lowest BCUT2D eigenvalue weighted by molar-refractivity contribution is 0.601. The minimum Gasteiger partial charge on any atom is -0.317 e. The zero-order valence-electron chi connectivity index (χ0n) is 14.9. The zero-order chi connectivity index (χ0) is 18.3. The van der Waals surface area contributed by atoms with Crippen LogP contribution in [-0.4, -0.2) is 36.4 Å². The van der Waals surface area contributed by atoms with Crippen molar-refractivity contribution in [2.75, 3.05) is 16.4 Å². The van der Waals surface area contributed by atoms with Gasteiger partial charge < -0.3 is 4.90 Å². The molecule has 1 saturated heterocycles. The Morgan fingerprint density at radius 1 is 1.08 bits per heavy atom. The van der Waals surface area contributed by atoms with Gasteiger partial charge in [-0.05, 0) is 42.7 Å². The normalized spacial score (nSPS) is 23.5. The van der Waals surface area contributed by atoms with Crippen LogP contribution in [0.3, 0.4) is 0 Å². The second kappa shape index (κ2) is 6.74. The molecular formula is C20H22N2O2S2. The van der Waals surface area contributed by atoms with Crippen LogP contribution < -0.4 is 4.90 Å². The lowest BCUT2D eigenvalue weighted by Gasteiger charge is -2.25. The average molecular weight is 387 g/mol. The van der Waals surface area contributed by atoms with Gasteiger partial charge in [0.15, 0.2) is 15.0 Å². The molecule has 4 nitrogen and oxygen atoms in total. The van der Waals surface area contributed by atoms with E-state index in [1.807, 2.05) is 18.2 Å². The van der Waals surface area contributed by atoms with Crippen LogP contribution in [-0.2, 0) is 16.4 Å². The Bertz CT molecular complexity index is 955. The molecule has 2 aromatic carbocycles. The highest BCUT2D eigenvalue weighted by Gasteiger charge is 2.44. The van der Waals surface area contributed by atoms with Gasteiger partial charge in [0.2, 0.25) is 0 Å².